The number of aromatic nitrogens is 3. The third-order valence-corrected chi connectivity index (χ3v) is 10.6. The van der Waals surface area contributed by atoms with E-state index in [1.165, 1.54) is 43.8 Å². The fraction of sp³-hybridized carbons (Fsp3) is 0. The van der Waals surface area contributed by atoms with E-state index in [0.717, 1.165) is 38.9 Å². The Labute approximate surface area is 326 Å². The lowest BCUT2D eigenvalue weighted by Gasteiger charge is -2.13. The average molecular weight is 714 g/mol. The largest absolute Gasteiger partial charge is 0.208 e. The second kappa shape index (κ2) is 14.4. The summed E-state index contributed by atoms with van der Waals surface area (Å²) >= 11 is 0. The van der Waals surface area contributed by atoms with Crippen molar-refractivity contribution in [3.8, 4) is 78.7 Å². The van der Waals surface area contributed by atoms with Crippen LogP contribution in [0.4, 0.5) is 0 Å². The average Bonchev–Trinajstić information content (AvgIpc) is 3.29. The van der Waals surface area contributed by atoms with E-state index in [9.17, 15) is 0 Å². The highest BCUT2D eigenvalue weighted by molar-refractivity contribution is 6.05. The molecule has 0 aliphatic heterocycles. The number of rotatable bonds is 7. The van der Waals surface area contributed by atoms with Gasteiger partial charge in [-0.3, -0.25) is 0 Å². The summed E-state index contributed by atoms with van der Waals surface area (Å²) in [6.07, 6.45) is 0. The molecule has 0 amide bonds. The molecular formula is C53H35N3. The maximum absolute atomic E-state index is 5.15. The van der Waals surface area contributed by atoms with Crippen LogP contribution in [0.1, 0.15) is 0 Å². The van der Waals surface area contributed by atoms with Crippen LogP contribution < -0.4 is 0 Å². The van der Waals surface area contributed by atoms with E-state index in [-0.39, 0.29) is 0 Å². The predicted molar refractivity (Wildman–Crippen MR) is 233 cm³/mol. The Morgan fingerprint density at radius 2 is 0.589 bits per heavy atom. The van der Waals surface area contributed by atoms with Crippen molar-refractivity contribution in [2.45, 2.75) is 0 Å². The Balaban J connectivity index is 1.08. The van der Waals surface area contributed by atoms with E-state index in [1.54, 1.807) is 0 Å². The highest BCUT2D eigenvalue weighted by Crippen LogP contribution is 2.37. The van der Waals surface area contributed by atoms with Gasteiger partial charge in [0.25, 0.3) is 0 Å². The highest BCUT2D eigenvalue weighted by Gasteiger charge is 2.16. The van der Waals surface area contributed by atoms with Crippen LogP contribution in [0.25, 0.3) is 100 Å². The Bertz CT molecular complexity index is 2990. The molecule has 1 aromatic heterocycles. The van der Waals surface area contributed by atoms with E-state index in [0.29, 0.717) is 17.5 Å². The summed E-state index contributed by atoms with van der Waals surface area (Å²) in [6, 6.07) is 74.7. The quantitative estimate of drug-likeness (QED) is 0.165. The fourth-order valence-electron chi connectivity index (χ4n) is 7.73. The predicted octanol–water partition coefficient (Wildman–Crippen LogP) is 13.8. The summed E-state index contributed by atoms with van der Waals surface area (Å²) in [5.74, 6) is 1.89. The van der Waals surface area contributed by atoms with Crippen LogP contribution in [0.3, 0.4) is 0 Å². The van der Waals surface area contributed by atoms with E-state index >= 15 is 0 Å². The van der Waals surface area contributed by atoms with Crippen LogP contribution in [-0.4, -0.2) is 15.0 Å². The van der Waals surface area contributed by atoms with Crippen molar-refractivity contribution in [1.29, 1.82) is 0 Å². The zero-order valence-electron chi connectivity index (χ0n) is 30.5. The Hall–Kier alpha value is -7.49. The zero-order chi connectivity index (χ0) is 37.3. The van der Waals surface area contributed by atoms with Gasteiger partial charge in [-0.05, 0) is 72.1 Å². The first-order valence-corrected chi connectivity index (χ1v) is 18.9. The van der Waals surface area contributed by atoms with Gasteiger partial charge in [0.2, 0.25) is 0 Å². The van der Waals surface area contributed by atoms with Gasteiger partial charge in [0, 0.05) is 16.7 Å². The molecule has 10 aromatic rings. The second-order valence-electron chi connectivity index (χ2n) is 14.0. The first kappa shape index (κ1) is 33.1. The van der Waals surface area contributed by atoms with E-state index in [2.05, 4.69) is 206 Å². The van der Waals surface area contributed by atoms with Crippen molar-refractivity contribution in [2.24, 2.45) is 0 Å². The summed E-state index contributed by atoms with van der Waals surface area (Å²) in [6.45, 7) is 0. The lowest BCUT2D eigenvalue weighted by atomic mass is 9.91. The van der Waals surface area contributed by atoms with Crippen molar-refractivity contribution >= 4 is 21.5 Å². The molecule has 0 atom stereocenters. The third-order valence-electron chi connectivity index (χ3n) is 10.6. The van der Waals surface area contributed by atoms with Gasteiger partial charge in [-0.2, -0.15) is 0 Å². The number of hydrogen-bond acceptors (Lipinski definition) is 3. The molecule has 0 saturated carbocycles. The maximum atomic E-state index is 5.15. The first-order chi connectivity index (χ1) is 27.7. The van der Waals surface area contributed by atoms with Gasteiger partial charge in [0.15, 0.2) is 17.5 Å². The molecular weight excluding hydrogens is 679 g/mol. The number of benzene rings is 9. The Morgan fingerprint density at radius 1 is 0.214 bits per heavy atom. The first-order valence-electron chi connectivity index (χ1n) is 18.9. The smallest absolute Gasteiger partial charge is 0.164 e. The molecule has 0 fully saturated rings. The third kappa shape index (κ3) is 6.31. The topological polar surface area (TPSA) is 38.7 Å². The minimum Gasteiger partial charge on any atom is -0.208 e. The summed E-state index contributed by atoms with van der Waals surface area (Å²) in [5, 5.41) is 4.88. The van der Waals surface area contributed by atoms with Crippen molar-refractivity contribution in [1.82, 2.24) is 15.0 Å². The molecule has 0 saturated heterocycles. The normalized spacial score (nSPS) is 11.2. The summed E-state index contributed by atoms with van der Waals surface area (Å²) < 4.78 is 0. The number of fused-ring (bicyclic) bond motifs is 2. The standard InChI is InChI=1S/C53H35N3/c1-3-13-36(14-4-1)37-25-29-41(30-26-37)51-54-52(42-31-27-40(28-32-42)46-24-12-18-39-17-7-8-21-45(39)46)56-53(55-51)44-20-11-19-43(35-44)48-34-33-47(38-15-5-2-6-16-38)49-22-9-10-23-50(48)49/h1-35H. The van der Waals surface area contributed by atoms with Crippen LogP contribution in [0.5, 0.6) is 0 Å². The zero-order valence-corrected chi connectivity index (χ0v) is 30.5. The minimum atomic E-state index is 0.627. The van der Waals surface area contributed by atoms with Gasteiger partial charge < -0.3 is 0 Å². The van der Waals surface area contributed by atoms with Crippen LogP contribution in [-0.2, 0) is 0 Å². The second-order valence-corrected chi connectivity index (χ2v) is 14.0. The molecule has 56 heavy (non-hydrogen) atoms. The summed E-state index contributed by atoms with van der Waals surface area (Å²) in [7, 11) is 0. The SMILES string of the molecule is c1ccc(-c2ccc(-c3nc(-c4ccc(-c5cccc6ccccc56)cc4)nc(-c4cccc(-c5ccc(-c6ccccc6)c6ccccc56)c4)n3)cc2)cc1. The Kier molecular flexibility index (Phi) is 8.51. The van der Waals surface area contributed by atoms with E-state index < -0.39 is 0 Å². The molecule has 1 heterocycles. The molecule has 0 aliphatic carbocycles. The van der Waals surface area contributed by atoms with Gasteiger partial charge in [-0.25, -0.2) is 15.0 Å². The lowest BCUT2D eigenvalue weighted by molar-refractivity contribution is 1.07. The van der Waals surface area contributed by atoms with Crippen molar-refractivity contribution < 1.29 is 0 Å². The molecule has 0 bridgehead atoms. The number of hydrogen-bond donors (Lipinski definition) is 0. The lowest BCUT2D eigenvalue weighted by Crippen LogP contribution is -2.00. The number of nitrogens with zero attached hydrogens (tertiary/aromatic N) is 3. The van der Waals surface area contributed by atoms with Crippen molar-refractivity contribution in [2.75, 3.05) is 0 Å². The molecule has 9 aromatic carbocycles. The van der Waals surface area contributed by atoms with E-state index in [4.69, 9.17) is 15.0 Å². The molecule has 3 heteroatoms. The van der Waals surface area contributed by atoms with Gasteiger partial charge in [0.05, 0.1) is 0 Å². The van der Waals surface area contributed by atoms with Crippen molar-refractivity contribution in [3.05, 3.63) is 212 Å². The summed E-state index contributed by atoms with van der Waals surface area (Å²) in [4.78, 5) is 15.4. The van der Waals surface area contributed by atoms with Gasteiger partial charge in [-0.1, -0.05) is 206 Å². The molecule has 0 spiro atoms. The highest BCUT2D eigenvalue weighted by atomic mass is 15.0. The van der Waals surface area contributed by atoms with Crippen LogP contribution in [0.15, 0.2) is 212 Å². The molecule has 3 nitrogen and oxygen atoms in total. The molecule has 0 aliphatic rings. The summed E-state index contributed by atoms with van der Waals surface area (Å²) in [5.41, 5.74) is 12.1. The van der Waals surface area contributed by atoms with Gasteiger partial charge in [-0.15, -0.1) is 0 Å². The molecule has 262 valence electrons. The van der Waals surface area contributed by atoms with Crippen molar-refractivity contribution in [3.63, 3.8) is 0 Å². The molecule has 0 unspecified atom stereocenters. The van der Waals surface area contributed by atoms with Gasteiger partial charge >= 0.3 is 0 Å². The van der Waals surface area contributed by atoms with E-state index in [1.807, 2.05) is 6.07 Å². The molecule has 0 N–H and O–H groups in total. The van der Waals surface area contributed by atoms with Crippen LogP contribution >= 0.6 is 0 Å². The van der Waals surface area contributed by atoms with Gasteiger partial charge in [0.1, 0.15) is 0 Å². The maximum Gasteiger partial charge on any atom is 0.164 e. The fourth-order valence-corrected chi connectivity index (χ4v) is 7.73. The molecule has 10 rings (SSSR count). The monoisotopic (exact) mass is 713 g/mol. The van der Waals surface area contributed by atoms with Crippen LogP contribution in [0, 0.1) is 0 Å². The minimum absolute atomic E-state index is 0.627. The Morgan fingerprint density at radius 3 is 1.23 bits per heavy atom. The molecule has 0 radical (unpaired) electrons. The van der Waals surface area contributed by atoms with Crippen LogP contribution in [0.2, 0.25) is 0 Å².